The lowest BCUT2D eigenvalue weighted by Crippen LogP contribution is -2.34. The first-order valence-corrected chi connectivity index (χ1v) is 9.78. The van der Waals surface area contributed by atoms with Gasteiger partial charge < -0.3 is 9.32 Å². The Kier molecular flexibility index (Phi) is 4.56. The van der Waals surface area contributed by atoms with E-state index in [1.807, 2.05) is 36.4 Å². The van der Waals surface area contributed by atoms with E-state index >= 15 is 0 Å². The van der Waals surface area contributed by atoms with Crippen LogP contribution in [0, 0.1) is 5.82 Å². The van der Waals surface area contributed by atoms with Crippen molar-refractivity contribution in [1.82, 2.24) is 10.2 Å². The minimum Gasteiger partial charge on any atom is -0.418 e. The van der Waals surface area contributed by atoms with Gasteiger partial charge in [-0.15, -0.1) is 10.2 Å². The van der Waals surface area contributed by atoms with Crippen LogP contribution in [-0.2, 0) is 6.42 Å². The van der Waals surface area contributed by atoms with Crippen LogP contribution in [0.15, 0.2) is 83.3 Å². The summed E-state index contributed by atoms with van der Waals surface area (Å²) in [5.41, 5.74) is 4.26. The molecule has 0 amide bonds. The highest BCUT2D eigenvalue weighted by atomic mass is 19.1. The number of benzene rings is 3. The van der Waals surface area contributed by atoms with Crippen molar-refractivity contribution < 1.29 is 8.81 Å². The van der Waals surface area contributed by atoms with Crippen molar-refractivity contribution in [2.45, 2.75) is 18.9 Å². The Labute approximate surface area is 168 Å². The highest BCUT2D eigenvalue weighted by molar-refractivity contribution is 5.58. The van der Waals surface area contributed by atoms with E-state index in [9.17, 15) is 4.39 Å². The van der Waals surface area contributed by atoms with E-state index in [0.717, 1.165) is 36.2 Å². The second kappa shape index (κ2) is 7.51. The fourth-order valence-corrected chi connectivity index (χ4v) is 3.97. The molecule has 144 valence electrons. The molecule has 1 aromatic heterocycles. The first-order chi connectivity index (χ1) is 14.3. The molecular formula is C24H20FN3O. The molecule has 0 saturated carbocycles. The van der Waals surface area contributed by atoms with Crippen LogP contribution in [0.4, 0.5) is 10.1 Å². The molecule has 0 aliphatic carbocycles. The van der Waals surface area contributed by atoms with Crippen molar-refractivity contribution in [2.75, 3.05) is 11.4 Å². The number of rotatable bonds is 4. The van der Waals surface area contributed by atoms with Crippen LogP contribution >= 0.6 is 0 Å². The lowest BCUT2D eigenvalue weighted by atomic mass is 9.97. The maximum atomic E-state index is 13.6. The first kappa shape index (κ1) is 17.6. The van der Waals surface area contributed by atoms with Gasteiger partial charge >= 0.3 is 0 Å². The van der Waals surface area contributed by atoms with Crippen LogP contribution in [0.1, 0.15) is 29.5 Å². The van der Waals surface area contributed by atoms with Crippen molar-refractivity contribution in [3.63, 3.8) is 0 Å². The minimum absolute atomic E-state index is 0.262. The lowest BCUT2D eigenvalue weighted by Gasteiger charge is -2.36. The minimum atomic E-state index is -0.276. The average Bonchev–Trinajstić information content (AvgIpc) is 3.26. The van der Waals surface area contributed by atoms with Gasteiger partial charge in [0, 0.05) is 17.8 Å². The van der Waals surface area contributed by atoms with E-state index in [2.05, 4.69) is 33.3 Å². The summed E-state index contributed by atoms with van der Waals surface area (Å²) in [7, 11) is 0. The molecule has 3 aromatic carbocycles. The quantitative estimate of drug-likeness (QED) is 0.471. The molecule has 4 aromatic rings. The number of anilines is 1. The van der Waals surface area contributed by atoms with Crippen molar-refractivity contribution in [1.29, 1.82) is 0 Å². The second-order valence-corrected chi connectivity index (χ2v) is 7.19. The first-order valence-electron chi connectivity index (χ1n) is 9.78. The molecule has 0 spiro atoms. The number of aryl methyl sites for hydroxylation is 1. The number of aromatic nitrogens is 2. The number of hydrogen-bond donors (Lipinski definition) is 0. The molecule has 1 aliphatic heterocycles. The third kappa shape index (κ3) is 3.40. The SMILES string of the molecule is Fc1ccc(C(c2nnc(-c3ccccc3)o2)N2CCCc3ccccc32)cc1. The molecule has 1 aliphatic rings. The zero-order valence-corrected chi connectivity index (χ0v) is 15.8. The van der Waals surface area contributed by atoms with Crippen molar-refractivity contribution in [3.05, 3.63) is 102 Å². The molecule has 5 rings (SSSR count). The molecule has 29 heavy (non-hydrogen) atoms. The van der Waals surface area contributed by atoms with Gasteiger partial charge in [0.15, 0.2) is 0 Å². The second-order valence-electron chi connectivity index (χ2n) is 7.19. The number of fused-ring (bicyclic) bond motifs is 1. The van der Waals surface area contributed by atoms with Crippen molar-refractivity contribution in [3.8, 4) is 11.5 Å². The van der Waals surface area contributed by atoms with Gasteiger partial charge in [0.25, 0.3) is 0 Å². The highest BCUT2D eigenvalue weighted by Gasteiger charge is 2.31. The van der Waals surface area contributed by atoms with Crippen LogP contribution in [0.2, 0.25) is 0 Å². The van der Waals surface area contributed by atoms with Gasteiger partial charge in [-0.25, -0.2) is 4.39 Å². The van der Waals surface area contributed by atoms with E-state index < -0.39 is 0 Å². The Balaban J connectivity index is 1.61. The molecule has 4 nitrogen and oxygen atoms in total. The Bertz CT molecular complexity index is 1110. The Morgan fingerprint density at radius 3 is 2.45 bits per heavy atom. The highest BCUT2D eigenvalue weighted by Crippen LogP contribution is 2.38. The third-order valence-electron chi connectivity index (χ3n) is 5.34. The molecule has 1 atom stereocenters. The van der Waals surface area contributed by atoms with E-state index in [1.54, 1.807) is 12.1 Å². The molecule has 0 saturated heterocycles. The van der Waals surface area contributed by atoms with Crippen LogP contribution in [0.5, 0.6) is 0 Å². The molecule has 0 radical (unpaired) electrons. The molecular weight excluding hydrogens is 365 g/mol. The summed E-state index contributed by atoms with van der Waals surface area (Å²) >= 11 is 0. The summed E-state index contributed by atoms with van der Waals surface area (Å²) in [4.78, 5) is 2.29. The van der Waals surface area contributed by atoms with E-state index in [0.29, 0.717) is 11.8 Å². The maximum Gasteiger partial charge on any atom is 0.247 e. The van der Waals surface area contributed by atoms with Gasteiger partial charge in [-0.05, 0) is 54.3 Å². The Morgan fingerprint density at radius 2 is 1.62 bits per heavy atom. The maximum absolute atomic E-state index is 13.6. The van der Waals surface area contributed by atoms with Crippen LogP contribution < -0.4 is 4.90 Å². The standard InChI is InChI=1S/C24H20FN3O/c25-20-14-12-18(13-15-20)22(28-16-6-10-17-7-4-5-11-21(17)28)24-27-26-23(29-24)19-8-2-1-3-9-19/h1-5,7-9,11-15,22H,6,10,16H2. The zero-order valence-electron chi connectivity index (χ0n) is 15.8. The fraction of sp³-hybridized carbons (Fsp3) is 0.167. The summed E-state index contributed by atoms with van der Waals surface area (Å²) in [5.74, 6) is 0.729. The molecule has 0 fully saturated rings. The van der Waals surface area contributed by atoms with Crippen LogP contribution in [0.3, 0.4) is 0 Å². The number of para-hydroxylation sites is 1. The Hall–Kier alpha value is -3.47. The van der Waals surface area contributed by atoms with Gasteiger partial charge in [-0.1, -0.05) is 48.5 Å². The summed E-state index contributed by atoms with van der Waals surface area (Å²) in [6, 6.07) is 24.4. The van der Waals surface area contributed by atoms with Crippen LogP contribution in [-0.4, -0.2) is 16.7 Å². The van der Waals surface area contributed by atoms with Crippen molar-refractivity contribution in [2.24, 2.45) is 0 Å². The summed E-state index contributed by atoms with van der Waals surface area (Å²) in [6.07, 6.45) is 2.08. The number of nitrogens with zero attached hydrogens (tertiary/aromatic N) is 3. The summed E-state index contributed by atoms with van der Waals surface area (Å²) in [6.45, 7) is 0.863. The largest absolute Gasteiger partial charge is 0.418 e. The molecule has 1 unspecified atom stereocenters. The van der Waals surface area contributed by atoms with Gasteiger partial charge in [-0.2, -0.15) is 0 Å². The number of hydrogen-bond acceptors (Lipinski definition) is 4. The predicted octanol–water partition coefficient (Wildman–Crippen LogP) is 5.42. The predicted molar refractivity (Wildman–Crippen MR) is 110 cm³/mol. The fourth-order valence-electron chi connectivity index (χ4n) is 3.97. The van der Waals surface area contributed by atoms with E-state index in [-0.39, 0.29) is 11.9 Å². The zero-order chi connectivity index (χ0) is 19.6. The van der Waals surface area contributed by atoms with Crippen LogP contribution in [0.25, 0.3) is 11.5 Å². The average molecular weight is 385 g/mol. The summed E-state index contributed by atoms with van der Waals surface area (Å²) in [5, 5.41) is 8.67. The van der Waals surface area contributed by atoms with Gasteiger partial charge in [-0.3, -0.25) is 0 Å². The normalized spacial score (nSPS) is 14.4. The third-order valence-corrected chi connectivity index (χ3v) is 5.34. The molecule has 5 heteroatoms. The monoisotopic (exact) mass is 385 g/mol. The molecule has 0 N–H and O–H groups in total. The Morgan fingerprint density at radius 1 is 0.862 bits per heavy atom. The number of halogens is 1. The molecule has 0 bridgehead atoms. The van der Waals surface area contributed by atoms with Crippen molar-refractivity contribution >= 4 is 5.69 Å². The molecule has 2 heterocycles. The van der Waals surface area contributed by atoms with Gasteiger partial charge in [0.05, 0.1) is 0 Å². The smallest absolute Gasteiger partial charge is 0.247 e. The summed E-state index contributed by atoms with van der Waals surface area (Å²) < 4.78 is 19.7. The van der Waals surface area contributed by atoms with E-state index in [4.69, 9.17) is 4.42 Å². The van der Waals surface area contributed by atoms with Gasteiger partial charge in [0.1, 0.15) is 11.9 Å². The topological polar surface area (TPSA) is 42.2 Å². The van der Waals surface area contributed by atoms with Gasteiger partial charge in [0.2, 0.25) is 11.8 Å². The lowest BCUT2D eigenvalue weighted by molar-refractivity contribution is 0.461. The van der Waals surface area contributed by atoms with E-state index in [1.165, 1.54) is 17.7 Å².